The molecule has 142 valence electrons. The number of rotatable bonds is 4. The number of carbonyl (C=O) groups is 2. The fraction of sp³-hybridized carbons (Fsp3) is 0.600. The van der Waals surface area contributed by atoms with Gasteiger partial charge < -0.3 is 14.7 Å². The fourth-order valence-electron chi connectivity index (χ4n) is 2.72. The topological polar surface area (TPSA) is 128 Å². The number of nitrogens with zero attached hydrogens (tertiary/aromatic N) is 7. The highest BCUT2D eigenvalue weighted by atomic mass is 16.5. The van der Waals surface area contributed by atoms with Crippen molar-refractivity contribution in [2.75, 3.05) is 19.7 Å². The van der Waals surface area contributed by atoms with Gasteiger partial charge in [0.15, 0.2) is 0 Å². The van der Waals surface area contributed by atoms with Crippen molar-refractivity contribution in [3.8, 4) is 0 Å². The molecule has 0 aliphatic carbocycles. The quantitative estimate of drug-likeness (QED) is 0.732. The molecule has 0 bridgehead atoms. The molecule has 3 rings (SSSR count). The molecule has 11 nitrogen and oxygen atoms in total. The van der Waals surface area contributed by atoms with Crippen LogP contribution in [-0.4, -0.2) is 72.1 Å². The van der Waals surface area contributed by atoms with E-state index in [-0.39, 0.29) is 18.5 Å². The molecule has 0 aromatic carbocycles. The highest BCUT2D eigenvalue weighted by Gasteiger charge is 2.28. The van der Waals surface area contributed by atoms with E-state index >= 15 is 0 Å². The van der Waals surface area contributed by atoms with Gasteiger partial charge in [0.1, 0.15) is 6.10 Å². The highest BCUT2D eigenvalue weighted by Crippen LogP contribution is 2.19. The summed E-state index contributed by atoms with van der Waals surface area (Å²) in [6.45, 7) is 5.81. The first kappa shape index (κ1) is 19.5. The number of aryl methyl sites for hydroxylation is 4. The molecule has 1 saturated heterocycles. The molecular weight excluding hydrogens is 342 g/mol. The number of ether oxygens (including phenoxy) is 1. The summed E-state index contributed by atoms with van der Waals surface area (Å²) in [6.07, 6.45) is 0.109. The summed E-state index contributed by atoms with van der Waals surface area (Å²) in [5, 5.41) is 23.2. The number of carboxylic acid groups (broad SMARTS) is 1. The minimum Gasteiger partial charge on any atom is -0.483 e. The number of amides is 1. The summed E-state index contributed by atoms with van der Waals surface area (Å²) in [5.74, 6) is 0.610. The van der Waals surface area contributed by atoms with Gasteiger partial charge in [0, 0.05) is 25.2 Å². The standard InChI is InChI=1S/C14H21N7O2.CH2O2/c1-10-8-11(2)21(16-10)5-4-13(22)20-6-7-23-12(9-20)14-15-18-19(3)17-14;2-1-3/h8,12H,4-7,9H2,1-3H3;1H,(H,2,3). The summed E-state index contributed by atoms with van der Waals surface area (Å²) < 4.78 is 7.52. The van der Waals surface area contributed by atoms with E-state index in [0.29, 0.717) is 38.5 Å². The number of aromatic nitrogens is 6. The van der Waals surface area contributed by atoms with Crippen LogP contribution in [0.25, 0.3) is 0 Å². The second kappa shape index (κ2) is 9.04. The summed E-state index contributed by atoms with van der Waals surface area (Å²) in [7, 11) is 1.71. The summed E-state index contributed by atoms with van der Waals surface area (Å²) in [4.78, 5) is 24.0. The zero-order valence-corrected chi connectivity index (χ0v) is 15.1. The van der Waals surface area contributed by atoms with Gasteiger partial charge in [0.2, 0.25) is 11.7 Å². The van der Waals surface area contributed by atoms with E-state index < -0.39 is 0 Å². The molecule has 1 aliphatic heterocycles. The van der Waals surface area contributed by atoms with Crippen molar-refractivity contribution in [2.45, 2.75) is 32.9 Å². The molecule has 26 heavy (non-hydrogen) atoms. The van der Waals surface area contributed by atoms with Crippen molar-refractivity contribution < 1.29 is 19.4 Å². The van der Waals surface area contributed by atoms with Crippen molar-refractivity contribution in [1.29, 1.82) is 0 Å². The van der Waals surface area contributed by atoms with Crippen LogP contribution in [0, 0.1) is 13.8 Å². The Morgan fingerprint density at radius 2 is 2.15 bits per heavy atom. The van der Waals surface area contributed by atoms with Crippen LogP contribution in [-0.2, 0) is 27.9 Å². The third kappa shape index (κ3) is 5.09. The van der Waals surface area contributed by atoms with Crippen LogP contribution in [0.5, 0.6) is 0 Å². The van der Waals surface area contributed by atoms with Crippen LogP contribution in [0.4, 0.5) is 0 Å². The average Bonchev–Trinajstić information content (AvgIpc) is 3.18. The van der Waals surface area contributed by atoms with Gasteiger partial charge in [-0.05, 0) is 25.1 Å². The molecule has 0 saturated carbocycles. The minimum absolute atomic E-state index is 0.0924. The van der Waals surface area contributed by atoms with E-state index in [9.17, 15) is 4.79 Å². The molecule has 0 radical (unpaired) electrons. The van der Waals surface area contributed by atoms with Crippen LogP contribution in [0.2, 0.25) is 0 Å². The normalized spacial score (nSPS) is 16.7. The Labute approximate surface area is 150 Å². The van der Waals surface area contributed by atoms with Gasteiger partial charge >= 0.3 is 0 Å². The highest BCUT2D eigenvalue weighted by molar-refractivity contribution is 5.76. The summed E-state index contributed by atoms with van der Waals surface area (Å²) >= 11 is 0. The maximum atomic E-state index is 12.4. The lowest BCUT2D eigenvalue weighted by atomic mass is 10.2. The number of morpholine rings is 1. The average molecular weight is 365 g/mol. The second-order valence-corrected chi connectivity index (χ2v) is 5.84. The molecule has 1 amide bonds. The Kier molecular flexibility index (Phi) is 6.78. The zero-order valence-electron chi connectivity index (χ0n) is 15.1. The fourth-order valence-corrected chi connectivity index (χ4v) is 2.72. The minimum atomic E-state index is -0.310. The Morgan fingerprint density at radius 1 is 1.42 bits per heavy atom. The Balaban J connectivity index is 0.000000758. The number of hydrogen-bond donors (Lipinski definition) is 1. The first-order chi connectivity index (χ1) is 12.4. The number of hydrogen-bond acceptors (Lipinski definition) is 7. The molecule has 2 aromatic rings. The van der Waals surface area contributed by atoms with Gasteiger partial charge in [-0.15, -0.1) is 10.2 Å². The summed E-state index contributed by atoms with van der Waals surface area (Å²) in [6, 6.07) is 2.01. The largest absolute Gasteiger partial charge is 0.483 e. The predicted molar refractivity (Wildman–Crippen MR) is 89.1 cm³/mol. The molecule has 0 spiro atoms. The molecule has 11 heteroatoms. The SMILES string of the molecule is Cc1cc(C)n(CCC(=O)N2CCOC(c3nnn(C)n3)C2)n1.O=CO. The molecule has 1 unspecified atom stereocenters. The smallest absolute Gasteiger partial charge is 0.290 e. The summed E-state index contributed by atoms with van der Waals surface area (Å²) in [5.41, 5.74) is 2.04. The van der Waals surface area contributed by atoms with Gasteiger partial charge in [-0.25, -0.2) is 0 Å². The number of carbonyl (C=O) groups excluding carboxylic acids is 1. The van der Waals surface area contributed by atoms with Crippen LogP contribution in [0.3, 0.4) is 0 Å². The van der Waals surface area contributed by atoms with Gasteiger partial charge in [-0.1, -0.05) is 0 Å². The van der Waals surface area contributed by atoms with Gasteiger partial charge in [0.05, 0.1) is 25.9 Å². The molecule has 1 N–H and O–H groups in total. The first-order valence-corrected chi connectivity index (χ1v) is 8.16. The van der Waals surface area contributed by atoms with E-state index in [0.717, 1.165) is 11.4 Å². The van der Waals surface area contributed by atoms with E-state index in [4.69, 9.17) is 14.6 Å². The van der Waals surface area contributed by atoms with E-state index in [2.05, 4.69) is 20.5 Å². The lowest BCUT2D eigenvalue weighted by molar-refractivity contribution is -0.139. The van der Waals surface area contributed by atoms with Gasteiger partial charge in [-0.2, -0.15) is 9.90 Å². The van der Waals surface area contributed by atoms with E-state index in [1.807, 2.05) is 24.6 Å². The predicted octanol–water partition coefficient (Wildman–Crippen LogP) is -0.286. The van der Waals surface area contributed by atoms with Crippen LogP contribution < -0.4 is 0 Å². The number of tetrazole rings is 1. The van der Waals surface area contributed by atoms with Gasteiger partial charge in [-0.3, -0.25) is 14.3 Å². The molecule has 1 aliphatic rings. The second-order valence-electron chi connectivity index (χ2n) is 5.84. The van der Waals surface area contributed by atoms with Crippen molar-refractivity contribution in [1.82, 2.24) is 34.9 Å². The molecule has 1 fully saturated rings. The lowest BCUT2D eigenvalue weighted by Gasteiger charge is -2.31. The first-order valence-electron chi connectivity index (χ1n) is 8.16. The Morgan fingerprint density at radius 3 is 2.73 bits per heavy atom. The Bertz CT molecular complexity index is 742. The maximum Gasteiger partial charge on any atom is 0.290 e. The van der Waals surface area contributed by atoms with Crippen molar-refractivity contribution >= 4 is 12.4 Å². The molecule has 3 heterocycles. The van der Waals surface area contributed by atoms with Crippen LogP contribution in [0.15, 0.2) is 6.07 Å². The van der Waals surface area contributed by atoms with Crippen molar-refractivity contribution in [3.63, 3.8) is 0 Å². The third-order valence-corrected chi connectivity index (χ3v) is 3.87. The molecular formula is C15H23N7O4. The van der Waals surface area contributed by atoms with Gasteiger partial charge in [0.25, 0.3) is 6.47 Å². The third-order valence-electron chi connectivity index (χ3n) is 3.87. The Hall–Kier alpha value is -2.82. The zero-order chi connectivity index (χ0) is 19.1. The van der Waals surface area contributed by atoms with E-state index in [1.165, 1.54) is 4.80 Å². The van der Waals surface area contributed by atoms with E-state index in [1.54, 1.807) is 11.9 Å². The van der Waals surface area contributed by atoms with Crippen LogP contribution in [0.1, 0.15) is 29.7 Å². The monoisotopic (exact) mass is 365 g/mol. The van der Waals surface area contributed by atoms with Crippen molar-refractivity contribution in [3.05, 3.63) is 23.3 Å². The van der Waals surface area contributed by atoms with Crippen LogP contribution >= 0.6 is 0 Å². The lowest BCUT2D eigenvalue weighted by Crippen LogP contribution is -2.42. The maximum absolute atomic E-state index is 12.4. The molecule has 2 aromatic heterocycles. The molecule has 1 atom stereocenters. The van der Waals surface area contributed by atoms with Crippen molar-refractivity contribution in [2.24, 2.45) is 7.05 Å².